The molecule has 0 saturated carbocycles. The van der Waals surface area contributed by atoms with E-state index in [2.05, 4.69) is 16.5 Å². The van der Waals surface area contributed by atoms with E-state index >= 15 is 0 Å². The fraction of sp³-hybridized carbons (Fsp3) is 0.333. The summed E-state index contributed by atoms with van der Waals surface area (Å²) >= 11 is 0. The molecule has 1 unspecified atom stereocenters. The van der Waals surface area contributed by atoms with Gasteiger partial charge >= 0.3 is 80.3 Å². The summed E-state index contributed by atoms with van der Waals surface area (Å²) in [7, 11) is -5.35. The molecule has 80 valence electrons. The molecule has 9 nitrogen and oxygen atoms in total. The second kappa shape index (κ2) is 7.04. The standard InChI is InChI=1S/C3H7N3O6S.2Na.2H/c4-2(5)6-3(9,1(7)8)13(10,11)12;;;;/h9H,(H,7,8)(H4,4,5,6)(H,10,11,12);;;;/q;2*+1;2*-1. The maximum Gasteiger partial charge on any atom is 1.00 e. The Kier molecular flexibility index (Phi) is 9.83. The van der Waals surface area contributed by atoms with Crippen molar-refractivity contribution in [2.75, 3.05) is 0 Å². The zero-order chi connectivity index (χ0) is 10.9. The van der Waals surface area contributed by atoms with Crippen LogP contribution in [0.1, 0.15) is 2.85 Å². The molecule has 0 heterocycles. The molecule has 0 radical (unpaired) electrons. The Morgan fingerprint density at radius 3 is 1.73 bits per heavy atom. The molecule has 0 amide bonds. The summed E-state index contributed by atoms with van der Waals surface area (Å²) in [6, 6.07) is 0. The number of hydrogen-bond acceptors (Lipinski definition) is 5. The molecule has 0 bridgehead atoms. The Hall–Kier alpha value is 0.610. The van der Waals surface area contributed by atoms with Gasteiger partial charge in [-0.2, -0.15) is 13.4 Å². The predicted octanol–water partition coefficient (Wildman–Crippen LogP) is -8.89. The van der Waals surface area contributed by atoms with Gasteiger partial charge in [0.2, 0.25) is 0 Å². The maximum atomic E-state index is 10.3. The number of carbonyl (C=O) groups is 1. The Bertz CT molecular complexity index is 360. The van der Waals surface area contributed by atoms with E-state index in [1.165, 1.54) is 0 Å². The van der Waals surface area contributed by atoms with Gasteiger partial charge in [0.1, 0.15) is 0 Å². The molecule has 0 spiro atoms. The first-order valence-electron chi connectivity index (χ1n) is 2.65. The van der Waals surface area contributed by atoms with Gasteiger partial charge in [-0.25, -0.2) is 4.79 Å². The first-order valence-corrected chi connectivity index (χ1v) is 4.09. The van der Waals surface area contributed by atoms with Crippen LogP contribution in [0.4, 0.5) is 0 Å². The summed E-state index contributed by atoms with van der Waals surface area (Å²) in [6.07, 6.45) is 0. The number of nitrogens with zero attached hydrogens (tertiary/aromatic N) is 1. The van der Waals surface area contributed by atoms with Crippen molar-refractivity contribution in [2.24, 2.45) is 16.5 Å². The number of carboxylic acids is 1. The Morgan fingerprint density at radius 2 is 1.67 bits per heavy atom. The number of aliphatic imine (C=N–C) groups is 1. The minimum Gasteiger partial charge on any atom is -1.00 e. The quantitative estimate of drug-likeness (QED) is 0.144. The van der Waals surface area contributed by atoms with E-state index in [0.29, 0.717) is 0 Å². The topological polar surface area (TPSA) is 176 Å². The zero-order valence-corrected chi connectivity index (χ0v) is 12.9. The number of carboxylic acid groups (broad SMARTS) is 1. The molecule has 12 heteroatoms. The molecule has 0 aromatic heterocycles. The van der Waals surface area contributed by atoms with Crippen molar-refractivity contribution in [1.82, 2.24) is 0 Å². The van der Waals surface area contributed by atoms with Gasteiger partial charge < -0.3 is 24.5 Å². The van der Waals surface area contributed by atoms with Crippen LogP contribution in [0.25, 0.3) is 0 Å². The van der Waals surface area contributed by atoms with Crippen LogP contribution in [0.2, 0.25) is 0 Å². The summed E-state index contributed by atoms with van der Waals surface area (Å²) in [5.41, 5.74) is 9.28. The summed E-state index contributed by atoms with van der Waals surface area (Å²) in [5.74, 6) is -3.31. The molecule has 1 atom stereocenters. The predicted molar refractivity (Wildman–Crippen MR) is 42.2 cm³/mol. The van der Waals surface area contributed by atoms with Crippen LogP contribution < -0.4 is 70.6 Å². The number of aliphatic carboxylic acids is 1. The minimum atomic E-state index is -5.35. The fourth-order valence-electron chi connectivity index (χ4n) is 0.391. The van der Waals surface area contributed by atoms with Crippen LogP contribution in [-0.4, -0.2) is 40.2 Å². The average Bonchev–Trinajstić information content (AvgIpc) is 1.82. The van der Waals surface area contributed by atoms with E-state index < -0.39 is 27.1 Å². The van der Waals surface area contributed by atoms with Crippen molar-refractivity contribution in [2.45, 2.75) is 5.06 Å². The van der Waals surface area contributed by atoms with Crippen LogP contribution in [0.15, 0.2) is 4.99 Å². The molecule has 7 N–H and O–H groups in total. The van der Waals surface area contributed by atoms with Crippen LogP contribution in [0.5, 0.6) is 0 Å². The number of nitrogens with two attached hydrogens (primary N) is 2. The largest absolute Gasteiger partial charge is 1.00 e. The molecule has 0 aromatic rings. The van der Waals surface area contributed by atoms with Gasteiger partial charge in [-0.3, -0.25) is 4.55 Å². The van der Waals surface area contributed by atoms with Crippen molar-refractivity contribution in [1.29, 1.82) is 0 Å². The van der Waals surface area contributed by atoms with Crippen LogP contribution in [0, 0.1) is 0 Å². The first-order chi connectivity index (χ1) is 5.61. The zero-order valence-electron chi connectivity index (χ0n) is 10.1. The van der Waals surface area contributed by atoms with E-state index in [1.807, 2.05) is 0 Å². The van der Waals surface area contributed by atoms with Gasteiger partial charge in [-0.15, -0.1) is 0 Å². The normalized spacial score (nSPS) is 13.7. The molecule has 0 aromatic carbocycles. The second-order valence-electron chi connectivity index (χ2n) is 1.93. The summed E-state index contributed by atoms with van der Waals surface area (Å²) in [5, 5.41) is 13.3. The molecule has 15 heavy (non-hydrogen) atoms. The Balaban J connectivity index is -0.000000120. The molecule has 0 aliphatic heterocycles. The van der Waals surface area contributed by atoms with Crippen LogP contribution >= 0.6 is 0 Å². The molecular formula is C3H9N3Na2O6S. The molecular weight excluding hydrogens is 252 g/mol. The van der Waals surface area contributed by atoms with Crippen LogP contribution in [0.3, 0.4) is 0 Å². The summed E-state index contributed by atoms with van der Waals surface area (Å²) < 4.78 is 29.0. The number of aliphatic hydroxyl groups is 1. The van der Waals surface area contributed by atoms with E-state index in [1.54, 1.807) is 0 Å². The smallest absolute Gasteiger partial charge is 1.00 e. The minimum absolute atomic E-state index is 0. The van der Waals surface area contributed by atoms with E-state index in [4.69, 9.17) is 14.8 Å². The first kappa shape index (κ1) is 21.0. The third-order valence-corrected chi connectivity index (χ3v) is 1.90. The number of rotatable bonds is 3. The van der Waals surface area contributed by atoms with Crippen molar-refractivity contribution < 1.29 is 89.9 Å². The Labute approximate surface area is 132 Å². The van der Waals surface area contributed by atoms with E-state index in [-0.39, 0.29) is 62.0 Å². The van der Waals surface area contributed by atoms with Gasteiger partial charge in [0.25, 0.3) is 0 Å². The summed E-state index contributed by atoms with van der Waals surface area (Å²) in [4.78, 5) is 12.7. The summed E-state index contributed by atoms with van der Waals surface area (Å²) in [6.45, 7) is 0. The Morgan fingerprint density at radius 1 is 1.33 bits per heavy atom. The van der Waals surface area contributed by atoms with E-state index in [9.17, 15) is 13.2 Å². The van der Waals surface area contributed by atoms with E-state index in [0.717, 1.165) is 0 Å². The third kappa shape index (κ3) is 5.47. The molecule has 0 aliphatic rings. The van der Waals surface area contributed by atoms with Crippen molar-refractivity contribution in [3.05, 3.63) is 0 Å². The van der Waals surface area contributed by atoms with Gasteiger partial charge in [-0.1, -0.05) is 0 Å². The van der Waals surface area contributed by atoms with Gasteiger partial charge in [-0.05, 0) is 0 Å². The van der Waals surface area contributed by atoms with Gasteiger partial charge in [0.15, 0.2) is 5.96 Å². The molecule has 0 rings (SSSR count). The maximum absolute atomic E-state index is 10.3. The van der Waals surface area contributed by atoms with Crippen molar-refractivity contribution in [3.63, 3.8) is 0 Å². The van der Waals surface area contributed by atoms with Crippen molar-refractivity contribution >= 4 is 22.0 Å². The SMILES string of the molecule is NC(N)=NC(O)(C(=O)O)S(=O)(=O)O.[H-].[H-].[Na+].[Na+]. The number of hydrogen-bond donors (Lipinski definition) is 5. The van der Waals surface area contributed by atoms with Crippen molar-refractivity contribution in [3.8, 4) is 0 Å². The van der Waals surface area contributed by atoms with Crippen LogP contribution in [-0.2, 0) is 14.9 Å². The molecule has 0 saturated heterocycles. The fourth-order valence-corrected chi connectivity index (χ4v) is 0.832. The number of guanidine groups is 1. The molecule has 0 fully saturated rings. The van der Waals surface area contributed by atoms with Gasteiger partial charge in [0.05, 0.1) is 0 Å². The second-order valence-corrected chi connectivity index (χ2v) is 3.44. The average molecular weight is 261 g/mol. The molecule has 0 aliphatic carbocycles. The van der Waals surface area contributed by atoms with Gasteiger partial charge in [0, 0.05) is 0 Å². The third-order valence-electron chi connectivity index (χ3n) is 0.919. The monoisotopic (exact) mass is 261 g/mol.